The number of nitrogens with one attached hydrogen (secondary N) is 1. The molecule has 1 aliphatic heterocycles. The van der Waals surface area contributed by atoms with Gasteiger partial charge in [-0.3, -0.25) is 0 Å². The van der Waals surface area contributed by atoms with Crippen LogP contribution >= 0.6 is 0 Å². The Labute approximate surface area is 84.7 Å². The van der Waals surface area contributed by atoms with Gasteiger partial charge in [-0.15, -0.1) is 0 Å². The van der Waals surface area contributed by atoms with Gasteiger partial charge < -0.3 is 24.3 Å². The molecule has 0 aromatic heterocycles. The maximum atomic E-state index is 5.46. The summed E-state index contributed by atoms with van der Waals surface area (Å²) in [7, 11) is 3.24. The largest absolute Gasteiger partial charge is 0.376 e. The van der Waals surface area contributed by atoms with Crippen molar-refractivity contribution >= 4 is 0 Å². The summed E-state index contributed by atoms with van der Waals surface area (Å²) in [5, 5.41) is 3.20. The zero-order valence-electron chi connectivity index (χ0n) is 8.82. The number of rotatable bonds is 6. The molecule has 0 amide bonds. The van der Waals surface area contributed by atoms with E-state index in [9.17, 15) is 0 Å². The van der Waals surface area contributed by atoms with Gasteiger partial charge in [0.2, 0.25) is 0 Å². The molecule has 0 bridgehead atoms. The van der Waals surface area contributed by atoms with Crippen LogP contribution < -0.4 is 5.32 Å². The van der Waals surface area contributed by atoms with E-state index in [1.165, 1.54) is 0 Å². The second-order valence-corrected chi connectivity index (χ2v) is 3.13. The van der Waals surface area contributed by atoms with Crippen LogP contribution in [0, 0.1) is 0 Å². The van der Waals surface area contributed by atoms with Crippen LogP contribution in [-0.4, -0.2) is 59.5 Å². The molecule has 0 spiro atoms. The Morgan fingerprint density at radius 2 is 2.14 bits per heavy atom. The predicted octanol–water partition coefficient (Wildman–Crippen LogP) is -0.390. The third kappa shape index (κ3) is 4.34. The Hall–Kier alpha value is -0.200. The quantitative estimate of drug-likeness (QED) is 0.598. The van der Waals surface area contributed by atoms with Crippen molar-refractivity contribution < 1.29 is 18.9 Å². The van der Waals surface area contributed by atoms with Gasteiger partial charge in [-0.05, 0) is 0 Å². The van der Waals surface area contributed by atoms with Crippen molar-refractivity contribution in [2.24, 2.45) is 0 Å². The lowest BCUT2D eigenvalue weighted by atomic mass is 10.3. The first-order valence-electron chi connectivity index (χ1n) is 4.82. The molecular weight excluding hydrogens is 186 g/mol. The molecule has 1 atom stereocenters. The van der Waals surface area contributed by atoms with E-state index in [2.05, 4.69) is 5.32 Å². The molecule has 1 heterocycles. The van der Waals surface area contributed by atoms with Gasteiger partial charge in [-0.1, -0.05) is 0 Å². The minimum Gasteiger partial charge on any atom is -0.376 e. The van der Waals surface area contributed by atoms with Crippen molar-refractivity contribution in [1.82, 2.24) is 5.32 Å². The Balaban J connectivity index is 2.01. The Bertz CT molecular complexity index is 135. The summed E-state index contributed by atoms with van der Waals surface area (Å²) in [6.45, 7) is 3.48. The fourth-order valence-electron chi connectivity index (χ4n) is 1.28. The van der Waals surface area contributed by atoms with Gasteiger partial charge in [-0.2, -0.15) is 0 Å². The average molecular weight is 205 g/mol. The van der Waals surface area contributed by atoms with E-state index in [4.69, 9.17) is 18.9 Å². The number of ether oxygens (including phenoxy) is 4. The first-order chi connectivity index (χ1) is 6.86. The lowest BCUT2D eigenvalue weighted by molar-refractivity contribution is -0.107. The highest BCUT2D eigenvalue weighted by molar-refractivity contribution is 4.64. The molecule has 0 saturated carbocycles. The molecular formula is C9H19NO4. The number of hydrogen-bond donors (Lipinski definition) is 1. The third-order valence-electron chi connectivity index (χ3n) is 2.09. The number of hydrogen-bond acceptors (Lipinski definition) is 5. The van der Waals surface area contributed by atoms with Crippen LogP contribution in [0.3, 0.4) is 0 Å². The highest BCUT2D eigenvalue weighted by Gasteiger charge is 2.14. The van der Waals surface area contributed by atoms with Crippen LogP contribution in [0.25, 0.3) is 0 Å². The van der Waals surface area contributed by atoms with Gasteiger partial charge in [0, 0.05) is 27.3 Å². The van der Waals surface area contributed by atoms with Crippen LogP contribution in [-0.2, 0) is 18.9 Å². The van der Waals surface area contributed by atoms with E-state index < -0.39 is 0 Å². The van der Waals surface area contributed by atoms with Crippen LogP contribution in [0.5, 0.6) is 0 Å². The van der Waals surface area contributed by atoms with Gasteiger partial charge in [0.15, 0.2) is 6.29 Å². The molecule has 84 valence electrons. The second-order valence-electron chi connectivity index (χ2n) is 3.13. The summed E-state index contributed by atoms with van der Waals surface area (Å²) in [6.07, 6.45) is -0.0439. The molecule has 1 saturated heterocycles. The topological polar surface area (TPSA) is 49.0 Å². The summed E-state index contributed by atoms with van der Waals surface area (Å²) >= 11 is 0. The van der Waals surface area contributed by atoms with E-state index in [1.54, 1.807) is 14.2 Å². The fourth-order valence-corrected chi connectivity index (χ4v) is 1.28. The summed E-state index contributed by atoms with van der Waals surface area (Å²) < 4.78 is 20.8. The predicted molar refractivity (Wildman–Crippen MR) is 51.2 cm³/mol. The van der Waals surface area contributed by atoms with Crippen LogP contribution in [0.4, 0.5) is 0 Å². The molecule has 0 aliphatic carbocycles. The molecule has 14 heavy (non-hydrogen) atoms. The Morgan fingerprint density at radius 1 is 1.36 bits per heavy atom. The highest BCUT2D eigenvalue weighted by Crippen LogP contribution is 1.99. The molecule has 1 N–H and O–H groups in total. The second kappa shape index (κ2) is 7.14. The van der Waals surface area contributed by atoms with Crippen molar-refractivity contribution in [2.45, 2.75) is 12.4 Å². The van der Waals surface area contributed by atoms with Crippen LogP contribution in [0.2, 0.25) is 0 Å². The zero-order valence-corrected chi connectivity index (χ0v) is 8.82. The van der Waals surface area contributed by atoms with Crippen molar-refractivity contribution in [1.29, 1.82) is 0 Å². The summed E-state index contributed by atoms with van der Waals surface area (Å²) in [5.41, 5.74) is 0. The molecule has 1 unspecified atom stereocenters. The zero-order chi connectivity index (χ0) is 10.2. The maximum Gasteiger partial charge on any atom is 0.169 e. The summed E-state index contributed by atoms with van der Waals surface area (Å²) in [5.74, 6) is 0. The summed E-state index contributed by atoms with van der Waals surface area (Å²) in [4.78, 5) is 0. The first-order valence-corrected chi connectivity index (χ1v) is 4.82. The van der Waals surface area contributed by atoms with Gasteiger partial charge in [0.05, 0.1) is 25.9 Å². The smallest absolute Gasteiger partial charge is 0.169 e. The van der Waals surface area contributed by atoms with E-state index in [0.29, 0.717) is 26.4 Å². The van der Waals surface area contributed by atoms with E-state index in [0.717, 1.165) is 6.54 Å². The Morgan fingerprint density at radius 3 is 2.71 bits per heavy atom. The third-order valence-corrected chi connectivity index (χ3v) is 2.09. The standard InChI is InChI=1S/C9H19NO4/c1-11-9(12-2)6-10-5-8-7-13-3-4-14-8/h8-10H,3-7H2,1-2H3. The van der Waals surface area contributed by atoms with Gasteiger partial charge in [0.1, 0.15) is 0 Å². The molecule has 1 aliphatic rings. The van der Waals surface area contributed by atoms with Crippen molar-refractivity contribution in [2.75, 3.05) is 47.1 Å². The minimum absolute atomic E-state index is 0.151. The first kappa shape index (κ1) is 11.9. The van der Waals surface area contributed by atoms with Crippen LogP contribution in [0.1, 0.15) is 0 Å². The number of methoxy groups -OCH3 is 2. The molecule has 5 nitrogen and oxygen atoms in total. The van der Waals surface area contributed by atoms with E-state index in [-0.39, 0.29) is 12.4 Å². The van der Waals surface area contributed by atoms with Gasteiger partial charge >= 0.3 is 0 Å². The lowest BCUT2D eigenvalue weighted by Crippen LogP contribution is -2.40. The molecule has 0 aromatic carbocycles. The van der Waals surface area contributed by atoms with E-state index in [1.807, 2.05) is 0 Å². The van der Waals surface area contributed by atoms with Gasteiger partial charge in [0.25, 0.3) is 0 Å². The summed E-state index contributed by atoms with van der Waals surface area (Å²) in [6, 6.07) is 0. The normalized spacial score (nSPS) is 22.9. The highest BCUT2D eigenvalue weighted by atomic mass is 16.7. The Kier molecular flexibility index (Phi) is 6.05. The average Bonchev–Trinajstić information content (AvgIpc) is 2.26. The minimum atomic E-state index is -0.195. The molecule has 1 fully saturated rings. The van der Waals surface area contributed by atoms with Gasteiger partial charge in [-0.25, -0.2) is 0 Å². The van der Waals surface area contributed by atoms with Crippen molar-refractivity contribution in [3.63, 3.8) is 0 Å². The molecule has 0 aromatic rings. The van der Waals surface area contributed by atoms with Crippen LogP contribution in [0.15, 0.2) is 0 Å². The SMILES string of the molecule is COC(CNCC1COCCO1)OC. The molecule has 5 heteroatoms. The van der Waals surface area contributed by atoms with Crippen molar-refractivity contribution in [3.05, 3.63) is 0 Å². The maximum absolute atomic E-state index is 5.46. The molecule has 1 rings (SSSR count). The van der Waals surface area contributed by atoms with E-state index >= 15 is 0 Å². The molecule has 0 radical (unpaired) electrons. The lowest BCUT2D eigenvalue weighted by Gasteiger charge is -2.24. The fraction of sp³-hybridized carbons (Fsp3) is 1.00. The monoisotopic (exact) mass is 205 g/mol. The van der Waals surface area contributed by atoms with Crippen molar-refractivity contribution in [3.8, 4) is 0 Å².